The zero-order valence-corrected chi connectivity index (χ0v) is 15.1. The van der Waals surface area contributed by atoms with Crippen LogP contribution < -0.4 is 5.32 Å². The molecule has 0 aliphatic rings. The van der Waals surface area contributed by atoms with Crippen LogP contribution >= 0.6 is 0 Å². The maximum Gasteiger partial charge on any atom is 0.221 e. The number of carbonyl (C=O) groups excluding carboxylic acids is 1. The molecule has 0 spiro atoms. The highest BCUT2D eigenvalue weighted by molar-refractivity contribution is 5.86. The molecule has 2 atom stereocenters. The Kier molecular flexibility index (Phi) is 5.22. The van der Waals surface area contributed by atoms with Gasteiger partial charge in [-0.1, -0.05) is 62.4 Å². The molecule has 2 unspecified atom stereocenters. The first kappa shape index (κ1) is 17.3. The Morgan fingerprint density at radius 2 is 1.68 bits per heavy atom. The molecule has 1 heterocycles. The van der Waals surface area contributed by atoms with Crippen molar-refractivity contribution in [3.05, 3.63) is 71.9 Å². The van der Waals surface area contributed by atoms with E-state index in [9.17, 15) is 4.79 Å². The molecule has 0 saturated heterocycles. The second-order valence-corrected chi connectivity index (χ2v) is 7.06. The maximum atomic E-state index is 12.7. The lowest BCUT2D eigenvalue weighted by Crippen LogP contribution is -2.36. The number of H-pyrrole nitrogens is 1. The molecule has 3 heteroatoms. The van der Waals surface area contributed by atoms with Crippen molar-refractivity contribution in [3.8, 4) is 0 Å². The Labute approximate surface area is 149 Å². The molecule has 0 aliphatic heterocycles. The summed E-state index contributed by atoms with van der Waals surface area (Å²) in [5, 5.41) is 4.32. The van der Waals surface area contributed by atoms with Crippen LogP contribution in [0.1, 0.15) is 44.2 Å². The molecule has 3 rings (SSSR count). The summed E-state index contributed by atoms with van der Waals surface area (Å²) in [6.07, 6.45) is 2.49. The molecule has 130 valence electrons. The van der Waals surface area contributed by atoms with Gasteiger partial charge in [0.2, 0.25) is 5.91 Å². The van der Waals surface area contributed by atoms with Gasteiger partial charge in [0.15, 0.2) is 0 Å². The third kappa shape index (κ3) is 3.93. The molecule has 2 N–H and O–H groups in total. The highest BCUT2D eigenvalue weighted by Crippen LogP contribution is 2.33. The fourth-order valence-corrected chi connectivity index (χ4v) is 3.14. The van der Waals surface area contributed by atoms with Crippen LogP contribution in [-0.4, -0.2) is 16.9 Å². The van der Waals surface area contributed by atoms with Gasteiger partial charge in [-0.05, 0) is 30.0 Å². The summed E-state index contributed by atoms with van der Waals surface area (Å²) in [5.74, 6) is 0.560. The van der Waals surface area contributed by atoms with Crippen molar-refractivity contribution in [2.24, 2.45) is 5.92 Å². The third-order valence-corrected chi connectivity index (χ3v) is 4.98. The Balaban J connectivity index is 1.93. The number of hydrogen-bond acceptors (Lipinski definition) is 1. The van der Waals surface area contributed by atoms with Gasteiger partial charge in [0.1, 0.15) is 0 Å². The standard InChI is InChI=1S/C22H26N2O/c1-15(2)16(3)24-22(25)13-19(17-9-5-4-6-10-17)20-14-23-21-12-8-7-11-18(20)21/h4-12,14-16,19,23H,13H2,1-3H3,(H,24,25). The molecule has 3 nitrogen and oxygen atoms in total. The molecule has 0 saturated carbocycles. The summed E-state index contributed by atoms with van der Waals surface area (Å²) in [7, 11) is 0. The van der Waals surface area contributed by atoms with Gasteiger partial charge >= 0.3 is 0 Å². The van der Waals surface area contributed by atoms with Gasteiger partial charge in [-0.2, -0.15) is 0 Å². The van der Waals surface area contributed by atoms with Crippen molar-refractivity contribution in [1.82, 2.24) is 10.3 Å². The van der Waals surface area contributed by atoms with E-state index in [0.29, 0.717) is 12.3 Å². The monoisotopic (exact) mass is 334 g/mol. The van der Waals surface area contributed by atoms with Gasteiger partial charge in [-0.25, -0.2) is 0 Å². The number of aromatic nitrogens is 1. The topological polar surface area (TPSA) is 44.9 Å². The second kappa shape index (κ2) is 7.56. The largest absolute Gasteiger partial charge is 0.361 e. The summed E-state index contributed by atoms with van der Waals surface area (Å²) in [5.41, 5.74) is 3.45. The van der Waals surface area contributed by atoms with E-state index < -0.39 is 0 Å². The van der Waals surface area contributed by atoms with Gasteiger partial charge in [-0.15, -0.1) is 0 Å². The minimum Gasteiger partial charge on any atom is -0.361 e. The molecule has 0 aliphatic carbocycles. The number of nitrogens with one attached hydrogen (secondary N) is 2. The predicted molar refractivity (Wildman–Crippen MR) is 104 cm³/mol. The van der Waals surface area contributed by atoms with Gasteiger partial charge in [0, 0.05) is 35.5 Å². The smallest absolute Gasteiger partial charge is 0.221 e. The lowest BCUT2D eigenvalue weighted by atomic mass is 9.88. The van der Waals surface area contributed by atoms with E-state index in [-0.39, 0.29) is 17.9 Å². The van der Waals surface area contributed by atoms with Crippen LogP contribution in [-0.2, 0) is 4.79 Å². The van der Waals surface area contributed by atoms with E-state index >= 15 is 0 Å². The first-order valence-electron chi connectivity index (χ1n) is 8.96. The van der Waals surface area contributed by atoms with Crippen LogP contribution in [0.4, 0.5) is 0 Å². The summed E-state index contributed by atoms with van der Waals surface area (Å²) < 4.78 is 0. The summed E-state index contributed by atoms with van der Waals surface area (Å²) in [4.78, 5) is 16.0. The Hall–Kier alpha value is -2.55. The van der Waals surface area contributed by atoms with Crippen LogP contribution in [0.25, 0.3) is 10.9 Å². The molecular formula is C22H26N2O. The van der Waals surface area contributed by atoms with Crippen LogP contribution in [0, 0.1) is 5.92 Å². The molecule has 3 aromatic rings. The average Bonchev–Trinajstić information content (AvgIpc) is 3.04. The summed E-state index contributed by atoms with van der Waals surface area (Å²) >= 11 is 0. The molecule has 2 aromatic carbocycles. The normalized spacial score (nSPS) is 13.8. The quantitative estimate of drug-likeness (QED) is 0.665. The van der Waals surface area contributed by atoms with Gasteiger partial charge in [-0.3, -0.25) is 4.79 Å². The lowest BCUT2D eigenvalue weighted by Gasteiger charge is -2.21. The van der Waals surface area contributed by atoms with Crippen molar-refractivity contribution in [3.63, 3.8) is 0 Å². The van der Waals surface area contributed by atoms with Crippen molar-refractivity contribution < 1.29 is 4.79 Å². The van der Waals surface area contributed by atoms with Crippen LogP contribution in [0.15, 0.2) is 60.8 Å². The number of aromatic amines is 1. The zero-order chi connectivity index (χ0) is 17.8. The minimum absolute atomic E-state index is 0.0386. The third-order valence-electron chi connectivity index (χ3n) is 4.98. The van der Waals surface area contributed by atoms with Gasteiger partial charge < -0.3 is 10.3 Å². The predicted octanol–water partition coefficient (Wildman–Crippen LogP) is 4.85. The van der Waals surface area contributed by atoms with E-state index in [1.165, 1.54) is 16.5 Å². The van der Waals surface area contributed by atoms with E-state index in [4.69, 9.17) is 0 Å². The first-order chi connectivity index (χ1) is 12.1. The number of benzene rings is 2. The fraction of sp³-hybridized carbons (Fsp3) is 0.318. The summed E-state index contributed by atoms with van der Waals surface area (Å²) in [6, 6.07) is 18.7. The van der Waals surface area contributed by atoms with E-state index in [0.717, 1.165) is 5.52 Å². The number of amides is 1. The van der Waals surface area contributed by atoms with E-state index in [2.05, 4.69) is 55.3 Å². The SMILES string of the molecule is CC(C)C(C)NC(=O)CC(c1ccccc1)c1c[nH]c2ccccc12. The highest BCUT2D eigenvalue weighted by Gasteiger charge is 2.22. The Morgan fingerprint density at radius 1 is 1.00 bits per heavy atom. The maximum absolute atomic E-state index is 12.7. The van der Waals surface area contributed by atoms with E-state index in [1.807, 2.05) is 36.5 Å². The summed E-state index contributed by atoms with van der Waals surface area (Å²) in [6.45, 7) is 6.31. The number of para-hydroxylation sites is 1. The number of rotatable bonds is 6. The number of fused-ring (bicyclic) bond motifs is 1. The van der Waals surface area contributed by atoms with Crippen molar-refractivity contribution >= 4 is 16.8 Å². The van der Waals surface area contributed by atoms with Crippen molar-refractivity contribution in [2.45, 2.75) is 39.2 Å². The van der Waals surface area contributed by atoms with Crippen LogP contribution in [0.2, 0.25) is 0 Å². The second-order valence-electron chi connectivity index (χ2n) is 7.06. The van der Waals surface area contributed by atoms with Gasteiger partial charge in [0.05, 0.1) is 0 Å². The lowest BCUT2D eigenvalue weighted by molar-refractivity contribution is -0.122. The van der Waals surface area contributed by atoms with Crippen LogP contribution in [0.5, 0.6) is 0 Å². The molecular weight excluding hydrogens is 308 g/mol. The Bertz CT molecular complexity index is 835. The minimum atomic E-state index is 0.0386. The number of hydrogen-bond donors (Lipinski definition) is 2. The molecule has 25 heavy (non-hydrogen) atoms. The first-order valence-corrected chi connectivity index (χ1v) is 8.96. The molecule has 0 bridgehead atoms. The Morgan fingerprint density at radius 3 is 2.40 bits per heavy atom. The van der Waals surface area contributed by atoms with Crippen molar-refractivity contribution in [2.75, 3.05) is 0 Å². The van der Waals surface area contributed by atoms with Crippen LogP contribution in [0.3, 0.4) is 0 Å². The van der Waals surface area contributed by atoms with Crippen molar-refractivity contribution in [1.29, 1.82) is 0 Å². The van der Waals surface area contributed by atoms with Gasteiger partial charge in [0.25, 0.3) is 0 Å². The zero-order valence-electron chi connectivity index (χ0n) is 15.1. The van der Waals surface area contributed by atoms with E-state index in [1.54, 1.807) is 0 Å². The molecule has 1 aromatic heterocycles. The fourth-order valence-electron chi connectivity index (χ4n) is 3.14. The molecule has 0 radical (unpaired) electrons. The molecule has 0 fully saturated rings. The average molecular weight is 334 g/mol. The number of carbonyl (C=O) groups is 1. The highest BCUT2D eigenvalue weighted by atomic mass is 16.1. The molecule has 1 amide bonds.